The van der Waals surface area contributed by atoms with Gasteiger partial charge in [-0.1, -0.05) is 6.92 Å². The Morgan fingerprint density at radius 2 is 2.29 bits per heavy atom. The molecule has 4 heteroatoms. The van der Waals surface area contributed by atoms with Crippen LogP contribution in [0, 0.1) is 0 Å². The van der Waals surface area contributed by atoms with Crippen molar-refractivity contribution >= 4 is 0 Å². The topological polar surface area (TPSA) is 39.1 Å². The van der Waals surface area contributed by atoms with Crippen LogP contribution in [0.1, 0.15) is 32.3 Å². The fraction of sp³-hybridized carbons (Fsp3) is 0.769. The molecule has 0 aliphatic carbocycles. The van der Waals surface area contributed by atoms with Crippen molar-refractivity contribution in [2.45, 2.75) is 45.3 Å². The summed E-state index contributed by atoms with van der Waals surface area (Å²) >= 11 is 0. The van der Waals surface area contributed by atoms with Crippen LogP contribution in [0.5, 0.6) is 0 Å². The summed E-state index contributed by atoms with van der Waals surface area (Å²) in [6.07, 6.45) is 7.55. The van der Waals surface area contributed by atoms with Crippen molar-refractivity contribution in [3.8, 4) is 0 Å². The van der Waals surface area contributed by atoms with Gasteiger partial charge in [-0.2, -0.15) is 5.10 Å². The third kappa shape index (κ3) is 4.88. The Bertz CT molecular complexity index is 311. The molecule has 0 saturated heterocycles. The van der Waals surface area contributed by atoms with E-state index < -0.39 is 0 Å². The molecule has 0 aromatic carbocycles. The van der Waals surface area contributed by atoms with E-state index in [0.717, 1.165) is 25.8 Å². The highest BCUT2D eigenvalue weighted by molar-refractivity contribution is 5.04. The lowest BCUT2D eigenvalue weighted by atomic mass is 10.0. The number of aryl methyl sites for hydroxylation is 2. The van der Waals surface area contributed by atoms with E-state index in [1.165, 1.54) is 5.56 Å². The van der Waals surface area contributed by atoms with Crippen LogP contribution < -0.4 is 5.32 Å². The molecule has 0 aliphatic rings. The molecule has 1 aromatic heterocycles. The van der Waals surface area contributed by atoms with Gasteiger partial charge < -0.3 is 10.1 Å². The first-order valence-electron chi connectivity index (χ1n) is 6.41. The zero-order valence-electron chi connectivity index (χ0n) is 11.4. The van der Waals surface area contributed by atoms with E-state index in [0.29, 0.717) is 6.04 Å². The van der Waals surface area contributed by atoms with Gasteiger partial charge in [-0.25, -0.2) is 0 Å². The Morgan fingerprint density at radius 1 is 1.53 bits per heavy atom. The third-order valence-corrected chi connectivity index (χ3v) is 3.10. The second-order valence-electron chi connectivity index (χ2n) is 4.56. The van der Waals surface area contributed by atoms with Gasteiger partial charge in [0.15, 0.2) is 0 Å². The van der Waals surface area contributed by atoms with Crippen LogP contribution in [-0.2, 0) is 18.2 Å². The van der Waals surface area contributed by atoms with Crippen LogP contribution in [0.3, 0.4) is 0 Å². The van der Waals surface area contributed by atoms with Crippen molar-refractivity contribution in [2.24, 2.45) is 7.05 Å². The van der Waals surface area contributed by atoms with E-state index in [2.05, 4.69) is 30.5 Å². The highest BCUT2D eigenvalue weighted by atomic mass is 16.5. The van der Waals surface area contributed by atoms with Crippen molar-refractivity contribution in [3.05, 3.63) is 18.0 Å². The number of hydrogen-bond donors (Lipinski definition) is 1. The summed E-state index contributed by atoms with van der Waals surface area (Å²) < 4.78 is 7.27. The number of methoxy groups -OCH3 is 1. The second-order valence-corrected chi connectivity index (χ2v) is 4.56. The van der Waals surface area contributed by atoms with E-state index in [-0.39, 0.29) is 6.10 Å². The molecule has 0 saturated carbocycles. The molecule has 0 bridgehead atoms. The van der Waals surface area contributed by atoms with Crippen molar-refractivity contribution < 1.29 is 4.74 Å². The predicted octanol–water partition coefficient (Wildman–Crippen LogP) is 1.76. The van der Waals surface area contributed by atoms with Gasteiger partial charge in [-0.3, -0.25) is 4.68 Å². The zero-order valence-corrected chi connectivity index (χ0v) is 11.4. The Balaban J connectivity index is 2.42. The molecule has 1 rings (SSSR count). The van der Waals surface area contributed by atoms with Gasteiger partial charge in [0.25, 0.3) is 0 Å². The Kier molecular flexibility index (Phi) is 6.22. The second kappa shape index (κ2) is 7.45. The van der Waals surface area contributed by atoms with Crippen LogP contribution in [0.15, 0.2) is 12.4 Å². The fourth-order valence-electron chi connectivity index (χ4n) is 1.92. The maximum absolute atomic E-state index is 5.42. The smallest absolute Gasteiger partial charge is 0.0696 e. The van der Waals surface area contributed by atoms with Crippen LogP contribution in [0.25, 0.3) is 0 Å². The summed E-state index contributed by atoms with van der Waals surface area (Å²) in [7, 11) is 3.73. The Morgan fingerprint density at radius 3 is 2.82 bits per heavy atom. The highest BCUT2D eigenvalue weighted by Crippen LogP contribution is 2.08. The summed E-state index contributed by atoms with van der Waals surface area (Å²) in [4.78, 5) is 0. The minimum absolute atomic E-state index is 0.248. The van der Waals surface area contributed by atoms with Crippen molar-refractivity contribution in [2.75, 3.05) is 13.7 Å². The molecule has 17 heavy (non-hydrogen) atoms. The average Bonchev–Trinajstić information content (AvgIpc) is 2.74. The Hall–Kier alpha value is -0.870. The standard InChI is InChI=1S/C13H25N3O/c1-5-8-14-13(11(2)17-4)7-6-12-9-15-16(3)10-12/h9-11,13-14H,5-8H2,1-4H3. The minimum atomic E-state index is 0.248. The molecule has 0 fully saturated rings. The molecular formula is C13H25N3O. The van der Waals surface area contributed by atoms with Crippen LogP contribution in [0.2, 0.25) is 0 Å². The van der Waals surface area contributed by atoms with Gasteiger partial charge in [-0.05, 0) is 38.3 Å². The van der Waals surface area contributed by atoms with Crippen molar-refractivity contribution in [1.82, 2.24) is 15.1 Å². The molecule has 1 N–H and O–H groups in total. The van der Waals surface area contributed by atoms with E-state index in [1.54, 1.807) is 7.11 Å². The van der Waals surface area contributed by atoms with Crippen LogP contribution >= 0.6 is 0 Å². The number of rotatable bonds is 8. The van der Waals surface area contributed by atoms with Gasteiger partial charge in [0.05, 0.1) is 12.3 Å². The van der Waals surface area contributed by atoms with Crippen molar-refractivity contribution in [3.63, 3.8) is 0 Å². The molecule has 0 aliphatic heterocycles. The molecule has 0 radical (unpaired) electrons. The number of nitrogens with one attached hydrogen (secondary N) is 1. The number of ether oxygens (including phenoxy) is 1. The molecular weight excluding hydrogens is 214 g/mol. The van der Waals surface area contributed by atoms with Gasteiger partial charge in [0.2, 0.25) is 0 Å². The first-order chi connectivity index (χ1) is 8.17. The van der Waals surface area contributed by atoms with Crippen molar-refractivity contribution in [1.29, 1.82) is 0 Å². The highest BCUT2D eigenvalue weighted by Gasteiger charge is 2.15. The number of nitrogens with zero attached hydrogens (tertiary/aromatic N) is 2. The van der Waals surface area contributed by atoms with E-state index >= 15 is 0 Å². The van der Waals surface area contributed by atoms with Gasteiger partial charge in [0, 0.05) is 26.4 Å². The normalized spacial score (nSPS) is 14.8. The SMILES string of the molecule is CCCNC(CCc1cnn(C)c1)C(C)OC. The predicted molar refractivity (Wildman–Crippen MR) is 70.1 cm³/mol. The third-order valence-electron chi connectivity index (χ3n) is 3.10. The lowest BCUT2D eigenvalue weighted by molar-refractivity contribution is 0.0802. The van der Waals surface area contributed by atoms with Crippen LogP contribution in [-0.4, -0.2) is 35.6 Å². The average molecular weight is 239 g/mol. The summed E-state index contributed by atoms with van der Waals surface area (Å²) in [5.41, 5.74) is 1.29. The first-order valence-corrected chi connectivity index (χ1v) is 6.41. The monoisotopic (exact) mass is 239 g/mol. The zero-order chi connectivity index (χ0) is 12.7. The lowest BCUT2D eigenvalue weighted by Gasteiger charge is -2.23. The largest absolute Gasteiger partial charge is 0.380 e. The number of aromatic nitrogens is 2. The first kappa shape index (κ1) is 14.2. The molecule has 4 nitrogen and oxygen atoms in total. The maximum atomic E-state index is 5.42. The minimum Gasteiger partial charge on any atom is -0.380 e. The summed E-state index contributed by atoms with van der Waals surface area (Å²) in [5.74, 6) is 0. The number of hydrogen-bond acceptors (Lipinski definition) is 3. The lowest BCUT2D eigenvalue weighted by Crippen LogP contribution is -2.40. The van der Waals surface area contributed by atoms with E-state index in [9.17, 15) is 0 Å². The molecule has 98 valence electrons. The molecule has 2 unspecified atom stereocenters. The Labute approximate surface area is 104 Å². The molecule has 1 heterocycles. The maximum Gasteiger partial charge on any atom is 0.0696 e. The molecule has 0 amide bonds. The van der Waals surface area contributed by atoms with Gasteiger partial charge in [0.1, 0.15) is 0 Å². The van der Waals surface area contributed by atoms with Gasteiger partial charge >= 0.3 is 0 Å². The quantitative estimate of drug-likeness (QED) is 0.751. The fourth-order valence-corrected chi connectivity index (χ4v) is 1.92. The summed E-state index contributed by atoms with van der Waals surface area (Å²) in [6.45, 7) is 5.35. The van der Waals surface area contributed by atoms with Gasteiger partial charge in [-0.15, -0.1) is 0 Å². The molecule has 1 aromatic rings. The van der Waals surface area contributed by atoms with E-state index in [1.807, 2.05) is 17.9 Å². The molecule has 0 spiro atoms. The summed E-state index contributed by atoms with van der Waals surface area (Å²) in [6, 6.07) is 0.417. The van der Waals surface area contributed by atoms with E-state index in [4.69, 9.17) is 4.74 Å². The van der Waals surface area contributed by atoms with Crippen LogP contribution in [0.4, 0.5) is 0 Å². The summed E-state index contributed by atoms with van der Waals surface area (Å²) in [5, 5.41) is 7.73. The molecule has 2 atom stereocenters.